The van der Waals surface area contributed by atoms with Crippen LogP contribution < -0.4 is 24.0 Å². The Hall–Kier alpha value is -2.78. The van der Waals surface area contributed by atoms with E-state index in [-0.39, 0.29) is 0 Å². The molecule has 0 unspecified atom stereocenters. The molecule has 0 spiro atoms. The second-order valence-electron chi connectivity index (χ2n) is 6.92. The SMILES string of the molecule is COc1cccc2sc(N3CCN(c4nc5c(OC)ccc(OC)c5s4)CC3)nc12. The van der Waals surface area contributed by atoms with Crippen LogP contribution in [0.4, 0.5) is 10.3 Å². The maximum Gasteiger partial charge on any atom is 0.186 e. The fourth-order valence-electron chi connectivity index (χ4n) is 3.71. The molecule has 156 valence electrons. The molecule has 0 radical (unpaired) electrons. The van der Waals surface area contributed by atoms with Crippen LogP contribution in [-0.4, -0.2) is 57.5 Å². The average Bonchev–Trinajstić information content (AvgIpc) is 3.43. The average molecular weight is 443 g/mol. The van der Waals surface area contributed by atoms with Gasteiger partial charge in [0.05, 0.1) is 26.0 Å². The van der Waals surface area contributed by atoms with Crippen LogP contribution in [-0.2, 0) is 0 Å². The van der Waals surface area contributed by atoms with Gasteiger partial charge in [-0.15, -0.1) is 0 Å². The van der Waals surface area contributed by atoms with Gasteiger partial charge in [0, 0.05) is 26.2 Å². The molecule has 0 amide bonds. The van der Waals surface area contributed by atoms with Gasteiger partial charge in [0.2, 0.25) is 0 Å². The summed E-state index contributed by atoms with van der Waals surface area (Å²) in [4.78, 5) is 14.4. The molecule has 4 aromatic rings. The highest BCUT2D eigenvalue weighted by atomic mass is 32.1. The predicted octanol–water partition coefficient (Wildman–Crippen LogP) is 4.26. The number of methoxy groups -OCH3 is 3. The summed E-state index contributed by atoms with van der Waals surface area (Å²) >= 11 is 3.37. The number of hydrogen-bond acceptors (Lipinski definition) is 9. The summed E-state index contributed by atoms with van der Waals surface area (Å²) in [6, 6.07) is 9.90. The Balaban J connectivity index is 1.37. The third kappa shape index (κ3) is 3.18. The number of ether oxygens (including phenoxy) is 3. The lowest BCUT2D eigenvalue weighted by molar-refractivity contribution is 0.410. The van der Waals surface area contributed by atoms with Gasteiger partial charge in [-0.1, -0.05) is 28.7 Å². The summed E-state index contributed by atoms with van der Waals surface area (Å²) < 4.78 is 18.6. The van der Waals surface area contributed by atoms with E-state index in [1.54, 1.807) is 44.0 Å². The Kier molecular flexibility index (Phi) is 5.00. The maximum absolute atomic E-state index is 5.52. The number of rotatable bonds is 5. The van der Waals surface area contributed by atoms with Crippen molar-refractivity contribution in [1.82, 2.24) is 9.97 Å². The molecule has 5 rings (SSSR count). The molecule has 0 atom stereocenters. The van der Waals surface area contributed by atoms with Crippen LogP contribution in [0.5, 0.6) is 17.2 Å². The zero-order valence-corrected chi connectivity index (χ0v) is 18.7. The first kappa shape index (κ1) is 19.2. The first-order valence-electron chi connectivity index (χ1n) is 9.66. The Morgan fingerprint density at radius 2 is 1.27 bits per heavy atom. The van der Waals surface area contributed by atoms with E-state index in [0.29, 0.717) is 0 Å². The lowest BCUT2D eigenvalue weighted by Crippen LogP contribution is -2.46. The number of fused-ring (bicyclic) bond motifs is 2. The molecule has 2 aromatic heterocycles. The summed E-state index contributed by atoms with van der Waals surface area (Å²) in [5.74, 6) is 2.43. The van der Waals surface area contributed by atoms with Gasteiger partial charge in [0.25, 0.3) is 0 Å². The van der Waals surface area contributed by atoms with Crippen molar-refractivity contribution in [3.05, 3.63) is 30.3 Å². The van der Waals surface area contributed by atoms with Crippen molar-refractivity contribution in [2.75, 3.05) is 57.3 Å². The molecule has 9 heteroatoms. The quantitative estimate of drug-likeness (QED) is 0.458. The second kappa shape index (κ2) is 7.81. The summed E-state index contributed by atoms with van der Waals surface area (Å²) in [5, 5.41) is 2.04. The number of para-hydroxylation sites is 1. The molecular formula is C21H22N4O3S2. The number of anilines is 2. The molecule has 0 aliphatic carbocycles. The van der Waals surface area contributed by atoms with E-state index in [0.717, 1.165) is 74.1 Å². The molecule has 0 saturated carbocycles. The van der Waals surface area contributed by atoms with Crippen molar-refractivity contribution < 1.29 is 14.2 Å². The minimum atomic E-state index is 0.773. The summed E-state index contributed by atoms with van der Waals surface area (Å²) in [6.45, 7) is 3.56. The molecule has 1 aliphatic rings. The minimum Gasteiger partial charge on any atom is -0.495 e. The Morgan fingerprint density at radius 3 is 1.93 bits per heavy atom. The van der Waals surface area contributed by atoms with Gasteiger partial charge >= 0.3 is 0 Å². The van der Waals surface area contributed by atoms with Crippen LogP contribution in [0.15, 0.2) is 30.3 Å². The van der Waals surface area contributed by atoms with Crippen molar-refractivity contribution in [3.8, 4) is 17.2 Å². The van der Waals surface area contributed by atoms with E-state index >= 15 is 0 Å². The number of benzene rings is 2. The van der Waals surface area contributed by atoms with Crippen LogP contribution in [0.3, 0.4) is 0 Å². The van der Waals surface area contributed by atoms with E-state index < -0.39 is 0 Å². The van der Waals surface area contributed by atoms with E-state index in [9.17, 15) is 0 Å². The third-order valence-electron chi connectivity index (χ3n) is 5.31. The highest BCUT2D eigenvalue weighted by molar-refractivity contribution is 7.22. The molecule has 0 N–H and O–H groups in total. The molecule has 30 heavy (non-hydrogen) atoms. The van der Waals surface area contributed by atoms with Crippen molar-refractivity contribution in [1.29, 1.82) is 0 Å². The number of piperazine rings is 1. The lowest BCUT2D eigenvalue weighted by Gasteiger charge is -2.34. The van der Waals surface area contributed by atoms with Gasteiger partial charge in [-0.2, -0.15) is 0 Å². The predicted molar refractivity (Wildman–Crippen MR) is 123 cm³/mol. The molecule has 0 bridgehead atoms. The van der Waals surface area contributed by atoms with Gasteiger partial charge in [-0.3, -0.25) is 0 Å². The van der Waals surface area contributed by atoms with E-state index in [1.807, 2.05) is 24.3 Å². The largest absolute Gasteiger partial charge is 0.495 e. The third-order valence-corrected chi connectivity index (χ3v) is 7.52. The van der Waals surface area contributed by atoms with Crippen LogP contribution >= 0.6 is 22.7 Å². The molecule has 1 saturated heterocycles. The minimum absolute atomic E-state index is 0.773. The summed E-state index contributed by atoms with van der Waals surface area (Å²) in [6.07, 6.45) is 0. The van der Waals surface area contributed by atoms with Crippen LogP contribution in [0.2, 0.25) is 0 Å². The van der Waals surface area contributed by atoms with Gasteiger partial charge in [-0.05, 0) is 24.3 Å². The van der Waals surface area contributed by atoms with Gasteiger partial charge < -0.3 is 24.0 Å². The number of hydrogen-bond donors (Lipinski definition) is 0. The van der Waals surface area contributed by atoms with Crippen LogP contribution in [0.25, 0.3) is 20.4 Å². The Morgan fingerprint density at radius 1 is 0.700 bits per heavy atom. The first-order valence-corrected chi connectivity index (χ1v) is 11.3. The zero-order chi connectivity index (χ0) is 20.7. The van der Waals surface area contributed by atoms with Crippen molar-refractivity contribution in [2.24, 2.45) is 0 Å². The molecule has 2 aromatic carbocycles. The topological polar surface area (TPSA) is 60.0 Å². The number of thiazole rings is 2. The van der Waals surface area contributed by atoms with Gasteiger partial charge in [0.15, 0.2) is 10.3 Å². The van der Waals surface area contributed by atoms with Crippen molar-refractivity contribution in [3.63, 3.8) is 0 Å². The fourth-order valence-corrected chi connectivity index (χ4v) is 5.87. The monoisotopic (exact) mass is 442 g/mol. The van der Waals surface area contributed by atoms with Gasteiger partial charge in [0.1, 0.15) is 33.0 Å². The molecular weight excluding hydrogens is 420 g/mol. The summed E-state index contributed by atoms with van der Waals surface area (Å²) in [5.41, 5.74) is 1.80. The lowest BCUT2D eigenvalue weighted by atomic mass is 10.3. The second-order valence-corrected chi connectivity index (χ2v) is 8.91. The number of nitrogens with zero attached hydrogens (tertiary/aromatic N) is 4. The molecule has 1 aliphatic heterocycles. The highest BCUT2D eigenvalue weighted by Crippen LogP contribution is 2.40. The fraction of sp³-hybridized carbons (Fsp3) is 0.333. The zero-order valence-electron chi connectivity index (χ0n) is 17.0. The molecule has 3 heterocycles. The van der Waals surface area contributed by atoms with Crippen LogP contribution in [0, 0.1) is 0 Å². The number of aromatic nitrogens is 2. The highest BCUT2D eigenvalue weighted by Gasteiger charge is 2.24. The Labute approximate surface area is 182 Å². The van der Waals surface area contributed by atoms with Gasteiger partial charge in [-0.25, -0.2) is 9.97 Å². The molecule has 7 nitrogen and oxygen atoms in total. The standard InChI is InChI=1S/C21H22N4O3S2/c1-26-13-5-4-6-16-17(13)22-20(29-16)24-9-11-25(12-10-24)21-23-18-14(27-2)7-8-15(28-3)19(18)30-21/h4-8H,9-12H2,1-3H3. The van der Waals surface area contributed by atoms with Crippen molar-refractivity contribution in [2.45, 2.75) is 0 Å². The van der Waals surface area contributed by atoms with E-state index in [4.69, 9.17) is 24.2 Å². The van der Waals surface area contributed by atoms with Crippen LogP contribution in [0.1, 0.15) is 0 Å². The van der Waals surface area contributed by atoms with E-state index in [2.05, 4.69) is 15.9 Å². The Bertz CT molecular complexity index is 1160. The summed E-state index contributed by atoms with van der Waals surface area (Å²) in [7, 11) is 5.05. The smallest absolute Gasteiger partial charge is 0.186 e. The molecule has 1 fully saturated rings. The van der Waals surface area contributed by atoms with Crippen molar-refractivity contribution >= 4 is 53.4 Å². The first-order chi connectivity index (χ1) is 14.7. The van der Waals surface area contributed by atoms with E-state index in [1.165, 1.54) is 0 Å². The normalized spacial score (nSPS) is 14.5. The maximum atomic E-state index is 5.52.